The van der Waals surface area contributed by atoms with Gasteiger partial charge in [-0.25, -0.2) is 0 Å². The molecule has 45 heavy (non-hydrogen) atoms. The van der Waals surface area contributed by atoms with Crippen LogP contribution in [0.5, 0.6) is 0 Å². The fraction of sp³-hybridized carbons (Fsp3) is 0.879. The summed E-state index contributed by atoms with van der Waals surface area (Å²) in [6.45, 7) is 4.83. The molecule has 0 aromatic rings. The van der Waals surface area contributed by atoms with Crippen molar-refractivity contribution >= 4 is 23.5 Å². The molecular formula is C33H68N8O4. The van der Waals surface area contributed by atoms with Crippen molar-refractivity contribution in [1.29, 1.82) is 0 Å². The number of carbonyl (C=O) groups excluding carboxylic acids is 4. The highest BCUT2D eigenvalue weighted by molar-refractivity contribution is 5.81. The predicted molar refractivity (Wildman–Crippen MR) is 184 cm³/mol. The molecule has 0 saturated heterocycles. The fourth-order valence-electron chi connectivity index (χ4n) is 5.46. The highest BCUT2D eigenvalue weighted by atomic mass is 16.2. The zero-order valence-corrected chi connectivity index (χ0v) is 29.4. The number of carbonyl (C=O) groups is 4. The first-order valence-electron chi connectivity index (χ1n) is 17.3. The number of hydrogen-bond donors (Lipinski definition) is 8. The Morgan fingerprint density at radius 3 is 1.24 bits per heavy atom. The second kappa shape index (κ2) is 29.3. The monoisotopic (exact) mass is 641 g/mol. The molecule has 0 saturated carbocycles. The molecule has 0 rings (SSSR count). The van der Waals surface area contributed by atoms with Crippen LogP contribution < -0.4 is 42.5 Å². The summed E-state index contributed by atoms with van der Waals surface area (Å²) >= 11 is 0. The summed E-state index contributed by atoms with van der Waals surface area (Å²) in [4.78, 5) is 50.5. The van der Waals surface area contributed by atoms with E-state index in [1.165, 1.54) is 6.92 Å². The summed E-state index contributed by atoms with van der Waals surface area (Å²) in [5.41, 5.74) is 0. The lowest BCUT2D eigenvalue weighted by atomic mass is 10.0. The van der Waals surface area contributed by atoms with Gasteiger partial charge >= 0.3 is 0 Å². The summed E-state index contributed by atoms with van der Waals surface area (Å²) in [5.74, 6) is -0.213. The number of amides is 3. The predicted octanol–water partition coefficient (Wildman–Crippen LogP) is 1.35. The van der Waals surface area contributed by atoms with Crippen LogP contribution in [-0.4, -0.2) is 109 Å². The van der Waals surface area contributed by atoms with Crippen LogP contribution in [0.1, 0.15) is 103 Å². The third kappa shape index (κ3) is 25.7. The van der Waals surface area contributed by atoms with Gasteiger partial charge in [-0.1, -0.05) is 19.3 Å². The van der Waals surface area contributed by atoms with E-state index >= 15 is 0 Å². The molecule has 0 bridgehead atoms. The summed E-state index contributed by atoms with van der Waals surface area (Å²) in [7, 11) is 9.56. The topological polar surface area (TPSA) is 165 Å². The molecule has 8 N–H and O–H groups in total. The van der Waals surface area contributed by atoms with Crippen molar-refractivity contribution in [3.8, 4) is 0 Å². The maximum atomic E-state index is 13.1. The molecule has 0 radical (unpaired) electrons. The average Bonchev–Trinajstić information content (AvgIpc) is 3.00. The van der Waals surface area contributed by atoms with Crippen LogP contribution in [0.15, 0.2) is 0 Å². The third-order valence-electron chi connectivity index (χ3n) is 8.12. The molecule has 12 nitrogen and oxygen atoms in total. The van der Waals surface area contributed by atoms with Crippen LogP contribution >= 0.6 is 0 Å². The molecule has 4 unspecified atom stereocenters. The second-order valence-electron chi connectivity index (χ2n) is 12.3. The number of hydrogen-bond acceptors (Lipinski definition) is 9. The molecule has 0 spiro atoms. The van der Waals surface area contributed by atoms with Gasteiger partial charge in [-0.3, -0.25) is 19.2 Å². The van der Waals surface area contributed by atoms with Crippen molar-refractivity contribution in [2.75, 3.05) is 61.4 Å². The lowest BCUT2D eigenvalue weighted by molar-refractivity contribution is -0.125. The Bertz CT molecular complexity index is 786. The highest BCUT2D eigenvalue weighted by Crippen LogP contribution is 2.10. The van der Waals surface area contributed by atoms with Gasteiger partial charge in [-0.2, -0.15) is 0 Å². The van der Waals surface area contributed by atoms with E-state index in [9.17, 15) is 19.2 Å². The van der Waals surface area contributed by atoms with Gasteiger partial charge in [-0.05, 0) is 113 Å². The van der Waals surface area contributed by atoms with Crippen molar-refractivity contribution in [2.45, 2.75) is 127 Å². The molecule has 12 heteroatoms. The molecule has 0 fully saturated rings. The summed E-state index contributed by atoms with van der Waals surface area (Å²) in [6, 6.07) is -0.345. The minimum absolute atomic E-state index is 0.00390. The van der Waals surface area contributed by atoms with E-state index in [2.05, 4.69) is 42.5 Å². The van der Waals surface area contributed by atoms with Gasteiger partial charge in [0, 0.05) is 56.4 Å². The van der Waals surface area contributed by atoms with Gasteiger partial charge in [0.2, 0.25) is 17.7 Å². The van der Waals surface area contributed by atoms with E-state index in [0.717, 1.165) is 71.0 Å². The van der Waals surface area contributed by atoms with Crippen molar-refractivity contribution in [3.05, 3.63) is 0 Å². The average molecular weight is 641 g/mol. The van der Waals surface area contributed by atoms with E-state index < -0.39 is 0 Å². The molecule has 3 amide bonds. The van der Waals surface area contributed by atoms with Gasteiger partial charge in [-0.15, -0.1) is 0 Å². The van der Waals surface area contributed by atoms with Crippen molar-refractivity contribution in [1.82, 2.24) is 42.5 Å². The van der Waals surface area contributed by atoms with Crippen LogP contribution in [0.2, 0.25) is 0 Å². The standard InChI is InChI=1S/C33H68N8O4/c1-26(42)22-29(17-13-21-39-31(43)23-27(37-5)14-7-10-18-34-2)40-33(45)25-30(16-9-12-20-36-4)41-32(44)24-28(38-6)15-8-11-19-35-3/h27-30,34-38H,7-25H2,1-6H3,(H,39,43)(H,40,45)(H,41,44). The first-order chi connectivity index (χ1) is 21.7. The third-order valence-corrected chi connectivity index (χ3v) is 8.12. The molecule has 0 aliphatic carbocycles. The Kier molecular flexibility index (Phi) is 27.9. The Hall–Kier alpha value is -2.12. The molecule has 0 aromatic carbocycles. The van der Waals surface area contributed by atoms with Gasteiger partial charge in [0.1, 0.15) is 5.78 Å². The maximum absolute atomic E-state index is 13.1. The Balaban J connectivity index is 4.90. The molecule has 0 aromatic heterocycles. The molecule has 0 aliphatic heterocycles. The van der Waals surface area contributed by atoms with Crippen molar-refractivity contribution < 1.29 is 19.2 Å². The second-order valence-corrected chi connectivity index (χ2v) is 12.3. The van der Waals surface area contributed by atoms with Gasteiger partial charge in [0.15, 0.2) is 0 Å². The molecule has 0 heterocycles. The van der Waals surface area contributed by atoms with E-state index in [-0.39, 0.29) is 60.5 Å². The zero-order chi connectivity index (χ0) is 33.7. The van der Waals surface area contributed by atoms with E-state index in [1.54, 1.807) is 0 Å². The van der Waals surface area contributed by atoms with Crippen molar-refractivity contribution in [2.24, 2.45) is 0 Å². The van der Waals surface area contributed by atoms with E-state index in [1.807, 2.05) is 35.2 Å². The van der Waals surface area contributed by atoms with Crippen LogP contribution in [0.4, 0.5) is 0 Å². The molecular weight excluding hydrogens is 572 g/mol. The number of unbranched alkanes of at least 4 members (excludes halogenated alkanes) is 3. The molecule has 0 aliphatic rings. The lowest BCUT2D eigenvalue weighted by Crippen LogP contribution is -2.44. The minimum atomic E-state index is -0.309. The first kappa shape index (κ1) is 42.9. The quantitative estimate of drug-likeness (QED) is 0.0523. The van der Waals surface area contributed by atoms with Crippen LogP contribution in [-0.2, 0) is 19.2 Å². The Morgan fingerprint density at radius 1 is 0.444 bits per heavy atom. The largest absolute Gasteiger partial charge is 0.356 e. The number of rotatable bonds is 31. The minimum Gasteiger partial charge on any atom is -0.356 e. The number of nitrogens with one attached hydrogen (secondary N) is 8. The van der Waals surface area contributed by atoms with Gasteiger partial charge in [0.05, 0.1) is 0 Å². The molecule has 4 atom stereocenters. The van der Waals surface area contributed by atoms with Crippen LogP contribution in [0.3, 0.4) is 0 Å². The van der Waals surface area contributed by atoms with E-state index in [0.29, 0.717) is 38.6 Å². The smallest absolute Gasteiger partial charge is 0.222 e. The van der Waals surface area contributed by atoms with Crippen LogP contribution in [0.25, 0.3) is 0 Å². The summed E-state index contributed by atoms with van der Waals surface area (Å²) in [5, 5.41) is 25.1. The lowest BCUT2D eigenvalue weighted by Gasteiger charge is -2.23. The molecule has 264 valence electrons. The maximum Gasteiger partial charge on any atom is 0.222 e. The number of ketones is 1. The highest BCUT2D eigenvalue weighted by Gasteiger charge is 2.21. The fourth-order valence-corrected chi connectivity index (χ4v) is 5.46. The van der Waals surface area contributed by atoms with Crippen LogP contribution in [0, 0.1) is 0 Å². The zero-order valence-electron chi connectivity index (χ0n) is 29.4. The Labute approximate surface area is 273 Å². The van der Waals surface area contributed by atoms with E-state index in [4.69, 9.17) is 0 Å². The first-order valence-corrected chi connectivity index (χ1v) is 17.3. The number of Topliss-reactive ketones (excluding diaryl/α,β-unsaturated/α-hetero) is 1. The van der Waals surface area contributed by atoms with Gasteiger partial charge < -0.3 is 42.5 Å². The summed E-state index contributed by atoms with van der Waals surface area (Å²) < 4.78 is 0. The SMILES string of the molecule is CNCCCCC(CC(=O)NCCCC(CC(C)=O)NC(=O)CC(CCCCNC)NC(=O)CC(CCCCNC)NC)NC. The van der Waals surface area contributed by atoms with Gasteiger partial charge in [0.25, 0.3) is 0 Å². The Morgan fingerprint density at radius 2 is 0.822 bits per heavy atom. The van der Waals surface area contributed by atoms with Crippen molar-refractivity contribution in [3.63, 3.8) is 0 Å². The summed E-state index contributed by atoms with van der Waals surface area (Å²) in [6.07, 6.45) is 11.1. The normalized spacial score (nSPS) is 13.9.